The monoisotopic (exact) mass is 445 g/mol. The molecule has 0 saturated carbocycles. The van der Waals surface area contributed by atoms with E-state index in [0.29, 0.717) is 37.5 Å². The molecule has 4 rings (SSSR count). The summed E-state index contributed by atoms with van der Waals surface area (Å²) in [6.45, 7) is 6.85. The van der Waals surface area contributed by atoms with Crippen molar-refractivity contribution < 1.29 is 18.0 Å². The second-order valence-electron chi connectivity index (χ2n) is 9.17. The summed E-state index contributed by atoms with van der Waals surface area (Å²) < 4.78 is 40.0. The zero-order chi connectivity index (χ0) is 22.9. The van der Waals surface area contributed by atoms with Gasteiger partial charge in [-0.25, -0.2) is 0 Å². The molecule has 2 aliphatic heterocycles. The molecule has 0 unspecified atom stereocenters. The average Bonchev–Trinajstić information content (AvgIpc) is 2.77. The predicted molar refractivity (Wildman–Crippen MR) is 121 cm³/mol. The third kappa shape index (κ3) is 4.71. The minimum absolute atomic E-state index is 0.0707. The maximum atomic E-state index is 13.3. The van der Waals surface area contributed by atoms with Gasteiger partial charge >= 0.3 is 6.18 Å². The fraction of sp³-hybridized carbons (Fsp3) is 0.480. The standard InChI is InChI=1S/C25H30F3N3O/c1-17(2)10-11-29-24(32)21-15-18-14-19(25(26,27)28)8-9-22(18)31-13-12-30(16-23(21)31)20-6-4-3-5-7-20/h3-9,14,17,21,23H,10-13,15-16H2,1-2H3,(H,29,32)/t21-,23+/m1/s1. The molecule has 0 spiro atoms. The Morgan fingerprint density at radius 3 is 2.56 bits per heavy atom. The Hall–Kier alpha value is -2.70. The van der Waals surface area contributed by atoms with E-state index < -0.39 is 17.7 Å². The van der Waals surface area contributed by atoms with Crippen LogP contribution in [0, 0.1) is 11.8 Å². The summed E-state index contributed by atoms with van der Waals surface area (Å²) >= 11 is 0. The normalized spacial score (nSPS) is 20.7. The lowest BCUT2D eigenvalue weighted by Crippen LogP contribution is -2.61. The fourth-order valence-electron chi connectivity index (χ4n) is 4.79. The highest BCUT2D eigenvalue weighted by Crippen LogP contribution is 2.40. The molecule has 4 nitrogen and oxygen atoms in total. The van der Waals surface area contributed by atoms with Crippen LogP contribution in [0.15, 0.2) is 48.5 Å². The van der Waals surface area contributed by atoms with Crippen molar-refractivity contribution in [3.8, 4) is 0 Å². The molecule has 1 fully saturated rings. The van der Waals surface area contributed by atoms with Crippen LogP contribution < -0.4 is 15.1 Å². The van der Waals surface area contributed by atoms with Gasteiger partial charge in [-0.05, 0) is 54.7 Å². The Morgan fingerprint density at radius 2 is 1.88 bits per heavy atom. The molecule has 2 aromatic rings. The molecule has 0 bridgehead atoms. The van der Waals surface area contributed by atoms with Crippen LogP contribution >= 0.6 is 0 Å². The smallest absolute Gasteiger partial charge is 0.368 e. The highest BCUT2D eigenvalue weighted by molar-refractivity contribution is 5.82. The Balaban J connectivity index is 1.63. The van der Waals surface area contributed by atoms with Gasteiger partial charge in [0.2, 0.25) is 5.91 Å². The number of hydrogen-bond acceptors (Lipinski definition) is 3. The first-order valence-electron chi connectivity index (χ1n) is 11.3. The zero-order valence-electron chi connectivity index (χ0n) is 18.5. The average molecular weight is 446 g/mol. The number of rotatable bonds is 5. The number of amides is 1. The van der Waals surface area contributed by atoms with Crippen LogP contribution in [0.3, 0.4) is 0 Å². The van der Waals surface area contributed by atoms with E-state index in [-0.39, 0.29) is 11.9 Å². The number of para-hydroxylation sites is 1. The minimum atomic E-state index is -4.40. The van der Waals surface area contributed by atoms with Crippen LogP contribution in [0.5, 0.6) is 0 Å². The fourth-order valence-corrected chi connectivity index (χ4v) is 4.79. The molecule has 2 heterocycles. The van der Waals surface area contributed by atoms with E-state index >= 15 is 0 Å². The van der Waals surface area contributed by atoms with Crippen molar-refractivity contribution in [2.75, 3.05) is 36.0 Å². The van der Waals surface area contributed by atoms with Crippen molar-refractivity contribution in [2.24, 2.45) is 11.8 Å². The van der Waals surface area contributed by atoms with Gasteiger partial charge in [0.25, 0.3) is 0 Å². The number of hydrogen-bond donors (Lipinski definition) is 1. The van der Waals surface area contributed by atoms with Crippen LogP contribution in [0.2, 0.25) is 0 Å². The molecule has 2 atom stereocenters. The predicted octanol–water partition coefficient (Wildman–Crippen LogP) is 4.74. The van der Waals surface area contributed by atoms with Crippen LogP contribution in [0.25, 0.3) is 0 Å². The van der Waals surface area contributed by atoms with Crippen LogP contribution in [-0.4, -0.2) is 38.1 Å². The van der Waals surface area contributed by atoms with Crippen LogP contribution in [0.4, 0.5) is 24.5 Å². The number of anilines is 2. The summed E-state index contributed by atoms with van der Waals surface area (Å²) in [7, 11) is 0. The van der Waals surface area contributed by atoms with Gasteiger partial charge in [-0.2, -0.15) is 13.2 Å². The maximum Gasteiger partial charge on any atom is 0.416 e. The van der Waals surface area contributed by atoms with Crippen molar-refractivity contribution in [1.29, 1.82) is 0 Å². The van der Waals surface area contributed by atoms with Crippen molar-refractivity contribution in [1.82, 2.24) is 5.32 Å². The second-order valence-corrected chi connectivity index (χ2v) is 9.17. The topological polar surface area (TPSA) is 35.6 Å². The summed E-state index contributed by atoms with van der Waals surface area (Å²) in [5.74, 6) is -0.000224. The molecule has 0 aliphatic carbocycles. The van der Waals surface area contributed by atoms with E-state index in [9.17, 15) is 18.0 Å². The second kappa shape index (κ2) is 9.04. The Bertz CT molecular complexity index is 945. The lowest BCUT2D eigenvalue weighted by atomic mass is 9.82. The van der Waals surface area contributed by atoms with E-state index in [1.54, 1.807) is 6.07 Å². The molecule has 0 aromatic heterocycles. The number of fused-ring (bicyclic) bond motifs is 3. The van der Waals surface area contributed by atoms with E-state index in [1.165, 1.54) is 6.07 Å². The molecule has 7 heteroatoms. The molecular formula is C25H30F3N3O. The van der Waals surface area contributed by atoms with Gasteiger partial charge in [-0.15, -0.1) is 0 Å². The van der Waals surface area contributed by atoms with Crippen molar-refractivity contribution in [2.45, 2.75) is 38.9 Å². The number of nitrogens with zero attached hydrogens (tertiary/aromatic N) is 2. The van der Waals surface area contributed by atoms with E-state index in [4.69, 9.17) is 0 Å². The van der Waals surface area contributed by atoms with E-state index in [2.05, 4.69) is 41.1 Å². The molecule has 2 aliphatic rings. The highest BCUT2D eigenvalue weighted by Gasteiger charge is 2.42. The molecule has 2 aromatic carbocycles. The van der Waals surface area contributed by atoms with Gasteiger partial charge in [-0.3, -0.25) is 4.79 Å². The van der Waals surface area contributed by atoms with Crippen LogP contribution in [0.1, 0.15) is 31.4 Å². The largest absolute Gasteiger partial charge is 0.416 e. The third-order valence-electron chi connectivity index (χ3n) is 6.52. The van der Waals surface area contributed by atoms with E-state index in [1.807, 2.05) is 18.2 Å². The number of carbonyl (C=O) groups excluding carboxylic acids is 1. The lowest BCUT2D eigenvalue weighted by molar-refractivity contribution is -0.137. The molecule has 1 N–H and O–H groups in total. The number of halogens is 3. The van der Waals surface area contributed by atoms with Crippen molar-refractivity contribution in [3.05, 3.63) is 59.7 Å². The maximum absolute atomic E-state index is 13.3. The molecule has 0 radical (unpaired) electrons. The number of nitrogens with one attached hydrogen (secondary N) is 1. The summed E-state index contributed by atoms with van der Waals surface area (Å²) in [6, 6.07) is 13.9. The summed E-state index contributed by atoms with van der Waals surface area (Å²) in [6.07, 6.45) is -3.21. The number of alkyl halides is 3. The van der Waals surface area contributed by atoms with Gasteiger partial charge in [0.05, 0.1) is 17.5 Å². The van der Waals surface area contributed by atoms with E-state index in [0.717, 1.165) is 30.4 Å². The quantitative estimate of drug-likeness (QED) is 0.723. The first-order valence-corrected chi connectivity index (χ1v) is 11.3. The van der Waals surface area contributed by atoms with Gasteiger partial charge in [0.1, 0.15) is 0 Å². The van der Waals surface area contributed by atoms with Gasteiger partial charge in [-0.1, -0.05) is 32.0 Å². The molecule has 172 valence electrons. The zero-order valence-corrected chi connectivity index (χ0v) is 18.5. The van der Waals surface area contributed by atoms with Gasteiger partial charge in [0.15, 0.2) is 0 Å². The van der Waals surface area contributed by atoms with Crippen molar-refractivity contribution >= 4 is 17.3 Å². The van der Waals surface area contributed by atoms with Crippen molar-refractivity contribution in [3.63, 3.8) is 0 Å². The SMILES string of the molecule is CC(C)CCNC(=O)[C@@H]1Cc2cc(C(F)(F)F)ccc2N2CCN(c3ccccc3)C[C@@H]12. The van der Waals surface area contributed by atoms with Gasteiger partial charge < -0.3 is 15.1 Å². The first-order chi connectivity index (χ1) is 15.2. The molecule has 32 heavy (non-hydrogen) atoms. The number of carbonyl (C=O) groups is 1. The first kappa shape index (κ1) is 22.5. The molecule has 1 saturated heterocycles. The summed E-state index contributed by atoms with van der Waals surface area (Å²) in [4.78, 5) is 17.6. The number of benzene rings is 2. The number of piperazine rings is 1. The minimum Gasteiger partial charge on any atom is -0.368 e. The Kier molecular flexibility index (Phi) is 6.35. The lowest BCUT2D eigenvalue weighted by Gasteiger charge is -2.49. The molecule has 1 amide bonds. The van der Waals surface area contributed by atoms with Gasteiger partial charge in [0, 0.05) is 37.6 Å². The third-order valence-corrected chi connectivity index (χ3v) is 6.52. The Labute approximate surface area is 187 Å². The van der Waals surface area contributed by atoms with Crippen LogP contribution in [-0.2, 0) is 17.4 Å². The highest BCUT2D eigenvalue weighted by atomic mass is 19.4. The Morgan fingerprint density at radius 1 is 1.12 bits per heavy atom. The summed E-state index contributed by atoms with van der Waals surface area (Å²) in [5, 5.41) is 3.04. The summed E-state index contributed by atoms with van der Waals surface area (Å²) in [5.41, 5.74) is 1.87. The molecular weight excluding hydrogens is 415 g/mol.